The van der Waals surface area contributed by atoms with Gasteiger partial charge in [0.15, 0.2) is 0 Å². The summed E-state index contributed by atoms with van der Waals surface area (Å²) in [5, 5.41) is 9.38. The number of aromatic nitrogens is 2. The zero-order valence-electron chi connectivity index (χ0n) is 12.4. The van der Waals surface area contributed by atoms with E-state index in [1.165, 1.54) is 6.20 Å². The van der Waals surface area contributed by atoms with Crippen LogP contribution in [0.5, 0.6) is 0 Å². The number of aliphatic carboxylic acids is 1. The normalized spacial score (nSPS) is 11.0. The molecule has 23 heavy (non-hydrogen) atoms. The Kier molecular flexibility index (Phi) is 4.97. The van der Waals surface area contributed by atoms with Crippen LogP contribution in [0.1, 0.15) is 19.9 Å². The third-order valence-electron chi connectivity index (χ3n) is 3.25. The molecule has 0 unspecified atom stereocenters. The summed E-state index contributed by atoms with van der Waals surface area (Å²) >= 11 is 12.1. The van der Waals surface area contributed by atoms with E-state index in [1.54, 1.807) is 32.0 Å². The molecule has 0 aliphatic carbocycles. The van der Waals surface area contributed by atoms with Gasteiger partial charge >= 0.3 is 11.7 Å². The maximum absolute atomic E-state index is 12.6. The molecule has 0 aliphatic heterocycles. The number of hydrogen-bond acceptors (Lipinski definition) is 3. The Balaban J connectivity index is 2.86. The molecule has 8 heteroatoms. The number of carboxylic acid groups (broad SMARTS) is 1. The molecule has 0 bridgehead atoms. The zero-order chi connectivity index (χ0) is 17.3. The van der Waals surface area contributed by atoms with Gasteiger partial charge in [0.2, 0.25) is 0 Å². The van der Waals surface area contributed by atoms with Gasteiger partial charge in [-0.2, -0.15) is 0 Å². The minimum absolute atomic E-state index is 0.118. The molecule has 1 heterocycles. The first-order valence-corrected chi connectivity index (χ1v) is 7.51. The van der Waals surface area contributed by atoms with Crippen LogP contribution < -0.4 is 11.2 Å². The molecule has 1 aromatic carbocycles. The van der Waals surface area contributed by atoms with Gasteiger partial charge in [0.1, 0.15) is 6.54 Å². The average Bonchev–Trinajstić information content (AvgIpc) is 2.44. The maximum atomic E-state index is 12.6. The molecule has 0 aliphatic rings. The Bertz CT molecular complexity index is 884. The summed E-state index contributed by atoms with van der Waals surface area (Å²) in [7, 11) is 0. The van der Waals surface area contributed by atoms with Gasteiger partial charge in [-0.25, -0.2) is 4.79 Å². The number of carbonyl (C=O) groups is 1. The molecule has 0 radical (unpaired) electrons. The molecule has 0 amide bonds. The predicted molar refractivity (Wildman–Crippen MR) is 88.4 cm³/mol. The summed E-state index contributed by atoms with van der Waals surface area (Å²) in [6.45, 7) is 2.77. The van der Waals surface area contributed by atoms with Crippen molar-refractivity contribution >= 4 is 29.2 Å². The van der Waals surface area contributed by atoms with E-state index in [0.29, 0.717) is 5.56 Å². The Morgan fingerprint density at radius 3 is 2.43 bits per heavy atom. The van der Waals surface area contributed by atoms with Crippen molar-refractivity contribution < 1.29 is 9.90 Å². The van der Waals surface area contributed by atoms with Gasteiger partial charge in [0.25, 0.3) is 5.56 Å². The topological polar surface area (TPSA) is 81.3 Å². The molecule has 122 valence electrons. The lowest BCUT2D eigenvalue weighted by Crippen LogP contribution is -2.42. The summed E-state index contributed by atoms with van der Waals surface area (Å²) in [5.74, 6) is -1.19. The van der Waals surface area contributed by atoms with E-state index in [2.05, 4.69) is 0 Å². The molecular formula is C15H14Cl2N2O4. The van der Waals surface area contributed by atoms with Gasteiger partial charge in [-0.1, -0.05) is 35.3 Å². The summed E-state index contributed by atoms with van der Waals surface area (Å²) in [6.07, 6.45) is 1.20. The van der Waals surface area contributed by atoms with Crippen molar-refractivity contribution in [1.82, 2.24) is 9.13 Å². The standard InChI is InChI=1S/C15H14Cl2N2O4/c1-8(2)19-14(22)10(6-18(15(19)23)7-12(20)21)9-4-3-5-11(16)13(9)17/h3-6,8H,7H2,1-2H3,(H,20,21). The third-order valence-corrected chi connectivity index (χ3v) is 4.07. The van der Waals surface area contributed by atoms with Gasteiger partial charge in [-0.15, -0.1) is 0 Å². The molecule has 0 saturated heterocycles. The van der Waals surface area contributed by atoms with Crippen LogP contribution in [-0.2, 0) is 11.3 Å². The number of carboxylic acids is 1. The van der Waals surface area contributed by atoms with Crippen molar-refractivity contribution in [1.29, 1.82) is 0 Å². The first-order valence-electron chi connectivity index (χ1n) is 6.76. The predicted octanol–water partition coefficient (Wildman–Crippen LogP) is 2.65. The molecule has 0 spiro atoms. The first kappa shape index (κ1) is 17.3. The van der Waals surface area contributed by atoms with Gasteiger partial charge in [-0.05, 0) is 19.9 Å². The molecule has 0 atom stereocenters. The van der Waals surface area contributed by atoms with E-state index in [4.69, 9.17) is 28.3 Å². The zero-order valence-corrected chi connectivity index (χ0v) is 13.9. The molecule has 6 nitrogen and oxygen atoms in total. The van der Waals surface area contributed by atoms with Gasteiger partial charge in [0, 0.05) is 17.8 Å². The number of nitrogens with zero attached hydrogens (tertiary/aromatic N) is 2. The molecule has 1 N–H and O–H groups in total. The Hall–Kier alpha value is -2.05. The second-order valence-electron chi connectivity index (χ2n) is 5.22. The van der Waals surface area contributed by atoms with Crippen LogP contribution in [0.15, 0.2) is 34.0 Å². The summed E-state index contributed by atoms with van der Waals surface area (Å²) in [4.78, 5) is 35.9. The van der Waals surface area contributed by atoms with Crippen LogP contribution in [0, 0.1) is 0 Å². The number of benzene rings is 1. The lowest BCUT2D eigenvalue weighted by Gasteiger charge is -2.15. The quantitative estimate of drug-likeness (QED) is 0.912. The van der Waals surface area contributed by atoms with Crippen LogP contribution in [0.25, 0.3) is 11.1 Å². The van der Waals surface area contributed by atoms with Crippen LogP contribution in [0.4, 0.5) is 0 Å². The van der Waals surface area contributed by atoms with Crippen LogP contribution in [-0.4, -0.2) is 20.2 Å². The largest absolute Gasteiger partial charge is 0.480 e. The highest BCUT2D eigenvalue weighted by atomic mass is 35.5. The van der Waals surface area contributed by atoms with E-state index >= 15 is 0 Å². The van der Waals surface area contributed by atoms with Crippen molar-refractivity contribution in [3.8, 4) is 11.1 Å². The van der Waals surface area contributed by atoms with Crippen molar-refractivity contribution in [2.75, 3.05) is 0 Å². The second kappa shape index (κ2) is 6.60. The summed E-state index contributed by atoms with van der Waals surface area (Å²) in [5.41, 5.74) is -0.769. The number of rotatable bonds is 4. The summed E-state index contributed by atoms with van der Waals surface area (Å²) in [6, 6.07) is 4.34. The van der Waals surface area contributed by atoms with E-state index in [-0.39, 0.29) is 15.6 Å². The highest BCUT2D eigenvalue weighted by Crippen LogP contribution is 2.31. The van der Waals surface area contributed by atoms with E-state index in [0.717, 1.165) is 9.13 Å². The fraction of sp³-hybridized carbons (Fsp3) is 0.267. The summed E-state index contributed by atoms with van der Waals surface area (Å²) < 4.78 is 1.96. The molecule has 0 saturated carbocycles. The Morgan fingerprint density at radius 2 is 1.87 bits per heavy atom. The van der Waals surface area contributed by atoms with Crippen molar-refractivity contribution in [2.24, 2.45) is 0 Å². The molecular weight excluding hydrogens is 343 g/mol. The molecule has 0 fully saturated rings. The fourth-order valence-electron chi connectivity index (χ4n) is 2.23. The van der Waals surface area contributed by atoms with E-state index in [9.17, 15) is 14.4 Å². The monoisotopic (exact) mass is 356 g/mol. The first-order chi connectivity index (χ1) is 10.7. The van der Waals surface area contributed by atoms with E-state index < -0.39 is 29.8 Å². The Morgan fingerprint density at radius 1 is 1.22 bits per heavy atom. The number of hydrogen-bond donors (Lipinski definition) is 1. The van der Waals surface area contributed by atoms with Crippen LogP contribution >= 0.6 is 23.2 Å². The molecule has 2 rings (SSSR count). The lowest BCUT2D eigenvalue weighted by molar-refractivity contribution is -0.137. The van der Waals surface area contributed by atoms with Gasteiger partial charge < -0.3 is 5.11 Å². The number of halogens is 2. The minimum atomic E-state index is -1.19. The van der Waals surface area contributed by atoms with Crippen LogP contribution in [0.3, 0.4) is 0 Å². The van der Waals surface area contributed by atoms with Gasteiger partial charge in [-0.3, -0.25) is 18.7 Å². The SMILES string of the molecule is CC(C)n1c(=O)c(-c2cccc(Cl)c2Cl)cn(CC(=O)O)c1=O. The highest BCUT2D eigenvalue weighted by Gasteiger charge is 2.18. The fourth-order valence-corrected chi connectivity index (χ4v) is 2.63. The van der Waals surface area contributed by atoms with E-state index in [1.807, 2.05) is 0 Å². The van der Waals surface area contributed by atoms with Crippen molar-refractivity contribution in [3.63, 3.8) is 0 Å². The van der Waals surface area contributed by atoms with Crippen molar-refractivity contribution in [2.45, 2.75) is 26.4 Å². The Labute approximate surface area is 141 Å². The lowest BCUT2D eigenvalue weighted by atomic mass is 10.1. The van der Waals surface area contributed by atoms with Crippen LogP contribution in [0.2, 0.25) is 10.0 Å². The van der Waals surface area contributed by atoms with Gasteiger partial charge in [0.05, 0.1) is 15.6 Å². The highest BCUT2D eigenvalue weighted by molar-refractivity contribution is 6.43. The smallest absolute Gasteiger partial charge is 0.331 e. The molecule has 2 aromatic rings. The van der Waals surface area contributed by atoms with Crippen molar-refractivity contribution in [3.05, 3.63) is 55.3 Å². The average molecular weight is 357 g/mol. The molecule has 1 aromatic heterocycles. The third kappa shape index (κ3) is 3.33. The maximum Gasteiger partial charge on any atom is 0.331 e. The minimum Gasteiger partial charge on any atom is -0.480 e. The second-order valence-corrected chi connectivity index (χ2v) is 6.00.